The highest BCUT2D eigenvalue weighted by Gasteiger charge is 2.67. The summed E-state index contributed by atoms with van der Waals surface area (Å²) in [5.74, 6) is -8.26. The molecular weight excluding hydrogens is 458 g/mol. The van der Waals surface area contributed by atoms with Crippen LogP contribution in [0, 0.1) is 18.8 Å². The zero-order valence-electron chi connectivity index (χ0n) is 20.0. The lowest BCUT2D eigenvalue weighted by Gasteiger charge is -2.52. The number of Topliss-reactive ketones (excluding diaryl/α,β-unsaturated/α-hetero) is 2. The Kier molecular flexibility index (Phi) is 5.51. The zero-order chi connectivity index (χ0) is 26.3. The molecule has 1 fully saturated rings. The Morgan fingerprint density at radius 1 is 1.14 bits per heavy atom. The van der Waals surface area contributed by atoms with E-state index in [1.807, 2.05) is 0 Å². The Labute approximate surface area is 201 Å². The van der Waals surface area contributed by atoms with Crippen molar-refractivity contribution in [3.63, 3.8) is 0 Å². The van der Waals surface area contributed by atoms with Gasteiger partial charge in [-0.15, -0.1) is 0 Å². The van der Waals surface area contributed by atoms with E-state index in [0.717, 1.165) is 0 Å². The Balaban J connectivity index is 2.06. The predicted octanol–water partition coefficient (Wildman–Crippen LogP) is -0.691. The number of amides is 1. The highest BCUT2D eigenvalue weighted by molar-refractivity contribution is 6.24. The number of benzene rings is 1. The van der Waals surface area contributed by atoms with Crippen LogP contribution in [0.25, 0.3) is 5.76 Å². The molecule has 1 aromatic carbocycles. The number of aromatic hydroxyl groups is 1. The third-order valence-electron chi connectivity index (χ3n) is 7.45. The van der Waals surface area contributed by atoms with Gasteiger partial charge in [0.1, 0.15) is 22.8 Å². The number of likely N-dealkylation sites (N-methyl/N-ethyl adjacent to an activating group) is 1. The van der Waals surface area contributed by atoms with Crippen LogP contribution in [0.3, 0.4) is 0 Å². The van der Waals surface area contributed by atoms with Gasteiger partial charge in [0.05, 0.1) is 23.6 Å². The molecule has 7 N–H and O–H groups in total. The molecule has 1 amide bonds. The van der Waals surface area contributed by atoms with Gasteiger partial charge in [0.2, 0.25) is 5.78 Å². The standard InChI is InChI=1S/C24H29N3O8/c1-8-6-11(26(2)3)9-7-10-13(19(30)12(9)17(8)28)21(32)24(35)15(18(10)29)16(27(4)5)20(31)14(22(24)33)23(25)34/h6,10,15-16,18,28-30,33,35H,7H2,1-5H3,(H2,25,34)/t10?,15?,16-,18-,24-/m0/s1. The second-order valence-electron chi connectivity index (χ2n) is 9.85. The molecule has 3 aliphatic carbocycles. The largest absolute Gasteiger partial charge is 0.508 e. The Hall–Kier alpha value is -3.41. The van der Waals surface area contributed by atoms with Crippen molar-refractivity contribution >= 4 is 28.9 Å². The van der Waals surface area contributed by atoms with Gasteiger partial charge >= 0.3 is 0 Å². The lowest BCUT2D eigenvalue weighted by atomic mass is 9.56. The van der Waals surface area contributed by atoms with E-state index in [1.165, 1.54) is 19.0 Å². The van der Waals surface area contributed by atoms with Gasteiger partial charge in [-0.05, 0) is 44.6 Å². The first-order valence-electron chi connectivity index (χ1n) is 11.0. The van der Waals surface area contributed by atoms with Crippen LogP contribution in [0.15, 0.2) is 23.0 Å². The predicted molar refractivity (Wildman–Crippen MR) is 125 cm³/mol. The SMILES string of the molecule is Cc1cc(N(C)C)c2c(c1O)C(O)=C1C(=O)[C@]3(O)C(O)=C(C(N)=O)C(=O)[C@@H](N(C)C)C3[C@@H](O)C1C2. The maximum Gasteiger partial charge on any atom is 0.255 e. The van der Waals surface area contributed by atoms with E-state index in [2.05, 4.69) is 0 Å². The fraction of sp³-hybridized carbons (Fsp3) is 0.458. The van der Waals surface area contributed by atoms with Gasteiger partial charge in [0.25, 0.3) is 5.91 Å². The molecule has 3 aliphatic rings. The quantitative estimate of drug-likeness (QED) is 0.298. The average Bonchev–Trinajstić information content (AvgIpc) is 2.75. The molecule has 0 spiro atoms. The maximum atomic E-state index is 13.8. The van der Waals surface area contributed by atoms with Crippen molar-refractivity contribution in [3.8, 4) is 5.75 Å². The molecule has 0 heterocycles. The fourth-order valence-corrected chi connectivity index (χ4v) is 5.84. The number of hydrogen-bond donors (Lipinski definition) is 6. The monoisotopic (exact) mass is 487 g/mol. The number of aliphatic hydroxyl groups is 4. The summed E-state index contributed by atoms with van der Waals surface area (Å²) in [4.78, 5) is 42.0. The molecular formula is C24H29N3O8. The molecule has 11 nitrogen and oxygen atoms in total. The van der Waals surface area contributed by atoms with E-state index in [-0.39, 0.29) is 17.7 Å². The zero-order valence-corrected chi connectivity index (χ0v) is 20.0. The first-order valence-corrected chi connectivity index (χ1v) is 11.0. The van der Waals surface area contributed by atoms with Crippen molar-refractivity contribution in [2.24, 2.45) is 17.6 Å². The number of nitrogens with two attached hydrogens (primary N) is 1. The molecule has 188 valence electrons. The number of aliphatic hydroxyl groups excluding tert-OH is 3. The number of rotatable bonds is 3. The molecule has 0 saturated heterocycles. The lowest BCUT2D eigenvalue weighted by Crippen LogP contribution is -2.70. The van der Waals surface area contributed by atoms with E-state index >= 15 is 0 Å². The Morgan fingerprint density at radius 3 is 2.26 bits per heavy atom. The second-order valence-corrected chi connectivity index (χ2v) is 9.85. The number of hydrogen-bond acceptors (Lipinski definition) is 10. The number of fused-ring (bicyclic) bond motifs is 3. The third kappa shape index (κ3) is 3.05. The van der Waals surface area contributed by atoms with Crippen LogP contribution in [0.4, 0.5) is 5.69 Å². The summed E-state index contributed by atoms with van der Waals surface area (Å²) in [6.07, 6.45) is -1.61. The lowest BCUT2D eigenvalue weighted by molar-refractivity contribution is -0.168. The topological polar surface area (TPSA) is 185 Å². The van der Waals surface area contributed by atoms with Gasteiger partial charge in [-0.3, -0.25) is 19.3 Å². The van der Waals surface area contributed by atoms with Crippen LogP contribution in [0.2, 0.25) is 0 Å². The fourth-order valence-electron chi connectivity index (χ4n) is 5.84. The molecule has 0 aromatic heterocycles. The number of phenols is 1. The minimum atomic E-state index is -2.91. The van der Waals surface area contributed by atoms with Crippen LogP contribution in [-0.2, 0) is 20.8 Å². The molecule has 4 rings (SSSR count). The van der Waals surface area contributed by atoms with Crippen LogP contribution in [0.5, 0.6) is 5.75 Å². The molecule has 0 bridgehead atoms. The number of ketones is 2. The number of aryl methyl sites for hydroxylation is 1. The highest BCUT2D eigenvalue weighted by Crippen LogP contribution is 2.54. The number of anilines is 1. The van der Waals surface area contributed by atoms with Crippen LogP contribution in [-0.4, -0.2) is 93.8 Å². The summed E-state index contributed by atoms with van der Waals surface area (Å²) in [5, 5.41) is 55.9. The molecule has 11 heteroatoms. The summed E-state index contributed by atoms with van der Waals surface area (Å²) in [6, 6.07) is 0.336. The number of phenolic OH excluding ortho intramolecular Hbond substituents is 1. The molecule has 2 unspecified atom stereocenters. The maximum absolute atomic E-state index is 13.8. The Morgan fingerprint density at radius 2 is 1.74 bits per heavy atom. The number of nitrogens with zero attached hydrogens (tertiary/aromatic N) is 2. The van der Waals surface area contributed by atoms with Gasteiger partial charge < -0.3 is 36.2 Å². The van der Waals surface area contributed by atoms with Gasteiger partial charge in [0.15, 0.2) is 11.4 Å². The summed E-state index contributed by atoms with van der Waals surface area (Å²) in [7, 11) is 6.45. The van der Waals surface area contributed by atoms with E-state index in [1.54, 1.807) is 32.0 Å². The van der Waals surface area contributed by atoms with Gasteiger partial charge in [-0.25, -0.2) is 0 Å². The highest BCUT2D eigenvalue weighted by atomic mass is 16.4. The first-order chi connectivity index (χ1) is 16.2. The minimum Gasteiger partial charge on any atom is -0.508 e. The molecule has 1 aromatic rings. The smallest absolute Gasteiger partial charge is 0.255 e. The van der Waals surface area contributed by atoms with E-state index < -0.39 is 69.7 Å². The number of carbonyl (C=O) groups excluding carboxylic acids is 3. The number of carbonyl (C=O) groups is 3. The van der Waals surface area contributed by atoms with Crippen LogP contribution in [0.1, 0.15) is 16.7 Å². The van der Waals surface area contributed by atoms with Gasteiger partial charge in [0, 0.05) is 31.3 Å². The summed E-state index contributed by atoms with van der Waals surface area (Å²) in [6.45, 7) is 1.62. The normalized spacial score (nSPS) is 30.3. The van der Waals surface area contributed by atoms with E-state index in [4.69, 9.17) is 5.73 Å². The van der Waals surface area contributed by atoms with Crippen molar-refractivity contribution < 1.29 is 39.9 Å². The van der Waals surface area contributed by atoms with Crippen LogP contribution >= 0.6 is 0 Å². The van der Waals surface area contributed by atoms with E-state index in [9.17, 15) is 39.9 Å². The summed E-state index contributed by atoms with van der Waals surface area (Å²) >= 11 is 0. The molecule has 35 heavy (non-hydrogen) atoms. The van der Waals surface area contributed by atoms with Crippen LogP contribution < -0.4 is 10.6 Å². The number of primary amides is 1. The van der Waals surface area contributed by atoms with Gasteiger partial charge in [-0.2, -0.15) is 0 Å². The Bertz CT molecular complexity index is 1250. The van der Waals surface area contributed by atoms with Gasteiger partial charge in [-0.1, -0.05) is 0 Å². The van der Waals surface area contributed by atoms with E-state index in [0.29, 0.717) is 16.8 Å². The summed E-state index contributed by atoms with van der Waals surface area (Å²) in [5.41, 5.74) is 2.57. The first kappa shape index (κ1) is 24.7. The average molecular weight is 488 g/mol. The van der Waals surface area contributed by atoms with Crippen molar-refractivity contribution in [2.75, 3.05) is 33.1 Å². The molecule has 0 radical (unpaired) electrons. The second kappa shape index (κ2) is 7.80. The molecule has 1 saturated carbocycles. The van der Waals surface area contributed by atoms with Crippen molar-refractivity contribution in [1.82, 2.24) is 4.90 Å². The minimum absolute atomic E-state index is 0.00292. The van der Waals surface area contributed by atoms with Crippen molar-refractivity contribution in [1.29, 1.82) is 0 Å². The molecule has 0 aliphatic heterocycles. The van der Waals surface area contributed by atoms with Crippen molar-refractivity contribution in [2.45, 2.75) is 31.1 Å². The van der Waals surface area contributed by atoms with Crippen molar-refractivity contribution in [3.05, 3.63) is 39.7 Å². The third-order valence-corrected chi connectivity index (χ3v) is 7.45. The summed E-state index contributed by atoms with van der Waals surface area (Å²) < 4.78 is 0. The molecule has 5 atom stereocenters.